The van der Waals surface area contributed by atoms with E-state index in [1.165, 1.54) is 32.1 Å². The van der Waals surface area contributed by atoms with Gasteiger partial charge in [-0.1, -0.05) is 37.5 Å². The largest absolute Gasteiger partial charge is 0.339 e. The lowest BCUT2D eigenvalue weighted by atomic mass is 9.75. The van der Waals surface area contributed by atoms with Crippen LogP contribution in [0.3, 0.4) is 0 Å². The van der Waals surface area contributed by atoms with Gasteiger partial charge in [-0.05, 0) is 56.7 Å². The van der Waals surface area contributed by atoms with Gasteiger partial charge in [0.05, 0.1) is 11.4 Å². The third kappa shape index (κ3) is 3.71. The van der Waals surface area contributed by atoms with E-state index in [1.54, 1.807) is 6.08 Å². The Bertz CT molecular complexity index is 837. The smallest absolute Gasteiger partial charge is 0.246 e. The highest BCUT2D eigenvalue weighted by molar-refractivity contribution is 5.92. The van der Waals surface area contributed by atoms with Crippen LogP contribution < -0.4 is 0 Å². The average Bonchev–Trinajstić information content (AvgIpc) is 3.00. The summed E-state index contributed by atoms with van der Waals surface area (Å²) in [6.07, 6.45) is 10.2. The Balaban J connectivity index is 1.48. The van der Waals surface area contributed by atoms with Crippen LogP contribution in [0.2, 0.25) is 0 Å². The molecule has 142 valence electrons. The molecule has 1 saturated carbocycles. The second kappa shape index (κ2) is 7.71. The zero-order valence-electron chi connectivity index (χ0n) is 16.4. The fourth-order valence-corrected chi connectivity index (χ4v) is 4.78. The molecule has 2 aromatic rings. The highest BCUT2D eigenvalue weighted by atomic mass is 16.2. The van der Waals surface area contributed by atoms with Gasteiger partial charge in [-0.25, -0.2) is 4.68 Å². The number of nitrogens with zero attached hydrogens (tertiary/aromatic N) is 3. The van der Waals surface area contributed by atoms with E-state index >= 15 is 0 Å². The Kier molecular flexibility index (Phi) is 5.15. The quantitative estimate of drug-likeness (QED) is 0.751. The molecule has 2 fully saturated rings. The van der Waals surface area contributed by atoms with Crippen molar-refractivity contribution >= 4 is 12.0 Å². The topological polar surface area (TPSA) is 38.1 Å². The Morgan fingerprint density at radius 3 is 2.59 bits per heavy atom. The number of carbonyl (C=O) groups excluding carboxylic acids is 1. The van der Waals surface area contributed by atoms with Gasteiger partial charge in [-0.2, -0.15) is 5.10 Å². The van der Waals surface area contributed by atoms with Crippen molar-refractivity contribution in [2.24, 2.45) is 11.8 Å². The zero-order chi connectivity index (χ0) is 18.8. The van der Waals surface area contributed by atoms with Crippen LogP contribution in [0.15, 0.2) is 36.4 Å². The molecular formula is C23H29N3O. The molecule has 0 radical (unpaired) electrons. The maximum atomic E-state index is 12.8. The van der Waals surface area contributed by atoms with Crippen molar-refractivity contribution in [3.63, 3.8) is 0 Å². The molecule has 1 amide bonds. The minimum Gasteiger partial charge on any atom is -0.339 e. The SMILES string of the molecule is Cc1nn(-c2ccccc2)c(C)c1/C=C/C(=O)N1CC[C@@H]2CCCC[C@@H]2C1. The minimum atomic E-state index is 0.144. The van der Waals surface area contributed by atoms with Crippen molar-refractivity contribution in [2.75, 3.05) is 13.1 Å². The molecule has 0 bridgehead atoms. The number of carbonyl (C=O) groups is 1. The van der Waals surface area contributed by atoms with E-state index in [0.717, 1.165) is 41.6 Å². The number of para-hydroxylation sites is 1. The number of rotatable bonds is 3. The van der Waals surface area contributed by atoms with E-state index in [9.17, 15) is 4.79 Å². The number of benzene rings is 1. The highest BCUT2D eigenvalue weighted by Crippen LogP contribution is 2.36. The molecule has 1 aliphatic heterocycles. The van der Waals surface area contributed by atoms with Crippen molar-refractivity contribution in [1.82, 2.24) is 14.7 Å². The van der Waals surface area contributed by atoms with Gasteiger partial charge < -0.3 is 4.90 Å². The fourth-order valence-electron chi connectivity index (χ4n) is 4.78. The molecule has 2 aliphatic rings. The van der Waals surface area contributed by atoms with E-state index in [4.69, 9.17) is 0 Å². The summed E-state index contributed by atoms with van der Waals surface area (Å²) in [6, 6.07) is 10.1. The number of piperidine rings is 1. The van der Waals surface area contributed by atoms with E-state index in [-0.39, 0.29) is 5.91 Å². The number of aromatic nitrogens is 2. The van der Waals surface area contributed by atoms with E-state index < -0.39 is 0 Å². The lowest BCUT2D eigenvalue weighted by Crippen LogP contribution is -2.44. The Morgan fingerprint density at radius 2 is 1.81 bits per heavy atom. The first-order valence-corrected chi connectivity index (χ1v) is 10.2. The van der Waals surface area contributed by atoms with Crippen molar-refractivity contribution in [1.29, 1.82) is 0 Å². The molecule has 0 unspecified atom stereocenters. The first-order chi connectivity index (χ1) is 13.1. The number of hydrogen-bond donors (Lipinski definition) is 0. The molecule has 4 heteroatoms. The monoisotopic (exact) mass is 363 g/mol. The Hall–Kier alpha value is -2.36. The predicted molar refractivity (Wildman–Crippen MR) is 109 cm³/mol. The molecular weight excluding hydrogens is 334 g/mol. The predicted octanol–water partition coefficient (Wildman–Crippen LogP) is 4.54. The van der Waals surface area contributed by atoms with Gasteiger partial charge in [-0.3, -0.25) is 4.79 Å². The number of fused-ring (bicyclic) bond motifs is 1. The maximum absolute atomic E-state index is 12.8. The van der Waals surface area contributed by atoms with Crippen molar-refractivity contribution in [3.05, 3.63) is 53.4 Å². The molecule has 1 aliphatic carbocycles. The third-order valence-electron chi connectivity index (χ3n) is 6.34. The molecule has 1 aromatic carbocycles. The fraction of sp³-hybridized carbons (Fsp3) is 0.478. The number of hydrogen-bond acceptors (Lipinski definition) is 2. The summed E-state index contributed by atoms with van der Waals surface area (Å²) in [6.45, 7) is 5.91. The molecule has 0 spiro atoms. The normalized spacial score (nSPS) is 22.8. The van der Waals surface area contributed by atoms with Crippen LogP contribution in [0.1, 0.15) is 49.1 Å². The van der Waals surface area contributed by atoms with Crippen molar-refractivity contribution < 1.29 is 4.79 Å². The van der Waals surface area contributed by atoms with E-state index in [2.05, 4.69) is 16.9 Å². The molecule has 1 aromatic heterocycles. The number of likely N-dealkylation sites (tertiary alicyclic amines) is 1. The Morgan fingerprint density at radius 1 is 1.07 bits per heavy atom. The van der Waals surface area contributed by atoms with Gasteiger partial charge in [0.1, 0.15) is 0 Å². The van der Waals surface area contributed by atoms with Crippen LogP contribution in [0, 0.1) is 25.7 Å². The minimum absolute atomic E-state index is 0.144. The summed E-state index contributed by atoms with van der Waals surface area (Å²) in [5.41, 5.74) is 4.10. The lowest BCUT2D eigenvalue weighted by Gasteiger charge is -2.41. The summed E-state index contributed by atoms with van der Waals surface area (Å²) in [5.74, 6) is 1.71. The average molecular weight is 364 g/mol. The maximum Gasteiger partial charge on any atom is 0.246 e. The van der Waals surface area contributed by atoms with Gasteiger partial charge in [0.2, 0.25) is 5.91 Å². The first kappa shape index (κ1) is 18.0. The van der Waals surface area contributed by atoms with Crippen LogP contribution in [0.25, 0.3) is 11.8 Å². The van der Waals surface area contributed by atoms with Crippen LogP contribution in [0.4, 0.5) is 0 Å². The summed E-state index contributed by atoms with van der Waals surface area (Å²) < 4.78 is 1.95. The zero-order valence-corrected chi connectivity index (χ0v) is 16.4. The second-order valence-corrected chi connectivity index (χ2v) is 8.04. The molecule has 4 rings (SSSR count). The van der Waals surface area contributed by atoms with Crippen LogP contribution in [-0.2, 0) is 4.79 Å². The molecule has 4 nitrogen and oxygen atoms in total. The van der Waals surface area contributed by atoms with E-state index in [0.29, 0.717) is 5.92 Å². The molecule has 1 saturated heterocycles. The van der Waals surface area contributed by atoms with Crippen molar-refractivity contribution in [3.8, 4) is 5.69 Å². The number of aryl methyl sites for hydroxylation is 1. The Labute approximate surface area is 161 Å². The van der Waals surface area contributed by atoms with Crippen molar-refractivity contribution in [2.45, 2.75) is 46.0 Å². The van der Waals surface area contributed by atoms with Gasteiger partial charge >= 0.3 is 0 Å². The third-order valence-corrected chi connectivity index (χ3v) is 6.34. The van der Waals surface area contributed by atoms with Crippen LogP contribution >= 0.6 is 0 Å². The first-order valence-electron chi connectivity index (χ1n) is 10.2. The summed E-state index contributed by atoms with van der Waals surface area (Å²) in [4.78, 5) is 14.8. The van der Waals surface area contributed by atoms with Gasteiger partial charge in [0.25, 0.3) is 0 Å². The second-order valence-electron chi connectivity index (χ2n) is 8.04. The summed E-state index contributed by atoms with van der Waals surface area (Å²) in [5, 5.41) is 4.67. The lowest BCUT2D eigenvalue weighted by molar-refractivity contribution is -0.128. The molecule has 2 atom stereocenters. The van der Waals surface area contributed by atoms with Gasteiger partial charge in [-0.15, -0.1) is 0 Å². The molecule has 0 N–H and O–H groups in total. The van der Waals surface area contributed by atoms with Gasteiger partial charge in [0, 0.05) is 30.4 Å². The molecule has 2 heterocycles. The highest BCUT2D eigenvalue weighted by Gasteiger charge is 2.32. The summed E-state index contributed by atoms with van der Waals surface area (Å²) >= 11 is 0. The number of amides is 1. The summed E-state index contributed by atoms with van der Waals surface area (Å²) in [7, 11) is 0. The van der Waals surface area contributed by atoms with Crippen LogP contribution in [0.5, 0.6) is 0 Å². The van der Waals surface area contributed by atoms with Crippen LogP contribution in [-0.4, -0.2) is 33.7 Å². The van der Waals surface area contributed by atoms with Gasteiger partial charge in [0.15, 0.2) is 0 Å². The molecule has 27 heavy (non-hydrogen) atoms. The van der Waals surface area contributed by atoms with E-state index in [1.807, 2.05) is 48.0 Å². The standard InChI is InChI=1S/C23H29N3O/c1-17-22(18(2)26(24-17)21-10-4-3-5-11-21)12-13-23(27)25-15-14-19-8-6-7-9-20(19)16-25/h3-5,10-13,19-20H,6-9,14-16H2,1-2H3/b13-12+/t19-,20+/m0/s1.